The van der Waals surface area contributed by atoms with Crippen molar-refractivity contribution >= 4 is 11.6 Å². The molecule has 1 heterocycles. The van der Waals surface area contributed by atoms with E-state index in [1.165, 1.54) is 0 Å². The first-order chi connectivity index (χ1) is 9.45. The Balaban J connectivity index is 1.92. The Bertz CT molecular complexity index is 621. The summed E-state index contributed by atoms with van der Waals surface area (Å²) in [6.07, 6.45) is 0. The Morgan fingerprint density at radius 1 is 1.40 bits per heavy atom. The van der Waals surface area contributed by atoms with Crippen molar-refractivity contribution in [1.82, 2.24) is 9.78 Å². The Morgan fingerprint density at radius 2 is 2.15 bits per heavy atom. The molecule has 2 rings (SSSR count). The van der Waals surface area contributed by atoms with Gasteiger partial charge >= 0.3 is 0 Å². The van der Waals surface area contributed by atoms with Crippen LogP contribution in [-0.4, -0.2) is 22.3 Å². The molecule has 0 atom stereocenters. The van der Waals surface area contributed by atoms with Crippen LogP contribution in [0.4, 0.5) is 14.5 Å². The lowest BCUT2D eigenvalue weighted by Crippen LogP contribution is -2.21. The van der Waals surface area contributed by atoms with Crippen LogP contribution >= 0.6 is 0 Å². The second kappa shape index (κ2) is 5.68. The first-order valence-corrected chi connectivity index (χ1v) is 5.84. The van der Waals surface area contributed by atoms with Gasteiger partial charge in [-0.3, -0.25) is 9.48 Å². The molecule has 0 aliphatic rings. The van der Waals surface area contributed by atoms with Crippen LogP contribution < -0.4 is 10.1 Å². The zero-order valence-corrected chi connectivity index (χ0v) is 11.0. The van der Waals surface area contributed by atoms with Gasteiger partial charge in [-0.05, 0) is 19.1 Å². The van der Waals surface area contributed by atoms with Crippen molar-refractivity contribution in [3.05, 3.63) is 41.6 Å². The molecule has 7 heteroatoms. The molecule has 1 aromatic heterocycles. The van der Waals surface area contributed by atoms with Crippen LogP contribution in [0.25, 0.3) is 0 Å². The van der Waals surface area contributed by atoms with Crippen LogP contribution in [-0.2, 0) is 11.8 Å². The van der Waals surface area contributed by atoms with E-state index in [-0.39, 0.29) is 12.3 Å². The molecule has 0 spiro atoms. The average Bonchev–Trinajstić information content (AvgIpc) is 2.70. The number of anilines is 1. The van der Waals surface area contributed by atoms with E-state index in [4.69, 9.17) is 4.74 Å². The largest absolute Gasteiger partial charge is 0.466 e. The molecule has 0 radical (unpaired) electrons. The lowest BCUT2D eigenvalue weighted by atomic mass is 10.3. The van der Waals surface area contributed by atoms with E-state index in [0.717, 1.165) is 17.8 Å². The third-order valence-electron chi connectivity index (χ3n) is 2.65. The topological polar surface area (TPSA) is 56.1 Å². The maximum Gasteiger partial charge on any atom is 0.262 e. The van der Waals surface area contributed by atoms with Gasteiger partial charge in [-0.1, -0.05) is 0 Å². The highest BCUT2D eigenvalue weighted by Gasteiger charge is 2.10. The monoisotopic (exact) mass is 281 g/mol. The zero-order chi connectivity index (χ0) is 14.7. The standard InChI is InChI=1S/C13H13F2N3O2/c1-8-5-13(17-18(8)2)20-7-12(19)16-11-4-3-9(14)6-10(11)15/h3-6H,7H2,1-2H3,(H,16,19). The van der Waals surface area contributed by atoms with E-state index in [1.54, 1.807) is 17.8 Å². The molecule has 1 amide bonds. The number of carbonyl (C=O) groups excluding carboxylic acids is 1. The molecule has 0 saturated heterocycles. The predicted molar refractivity (Wildman–Crippen MR) is 68.4 cm³/mol. The van der Waals surface area contributed by atoms with Crippen molar-refractivity contribution in [3.8, 4) is 5.88 Å². The molecule has 5 nitrogen and oxygen atoms in total. The number of aromatic nitrogens is 2. The number of halogens is 2. The number of hydrogen-bond donors (Lipinski definition) is 1. The van der Waals surface area contributed by atoms with Crippen LogP contribution in [0.3, 0.4) is 0 Å². The first kappa shape index (κ1) is 14.0. The van der Waals surface area contributed by atoms with Gasteiger partial charge in [-0.25, -0.2) is 8.78 Å². The zero-order valence-electron chi connectivity index (χ0n) is 11.0. The third-order valence-corrected chi connectivity index (χ3v) is 2.65. The van der Waals surface area contributed by atoms with E-state index in [2.05, 4.69) is 10.4 Å². The quantitative estimate of drug-likeness (QED) is 0.933. The second-order valence-electron chi connectivity index (χ2n) is 4.21. The van der Waals surface area contributed by atoms with Crippen LogP contribution in [0.2, 0.25) is 0 Å². The minimum Gasteiger partial charge on any atom is -0.466 e. The summed E-state index contributed by atoms with van der Waals surface area (Å²) in [7, 11) is 1.75. The average molecular weight is 281 g/mol. The van der Waals surface area contributed by atoms with E-state index < -0.39 is 17.5 Å². The first-order valence-electron chi connectivity index (χ1n) is 5.84. The summed E-state index contributed by atoms with van der Waals surface area (Å²) >= 11 is 0. The van der Waals surface area contributed by atoms with Gasteiger partial charge in [0.05, 0.1) is 5.69 Å². The fourth-order valence-corrected chi connectivity index (χ4v) is 1.51. The SMILES string of the molecule is Cc1cc(OCC(=O)Nc2ccc(F)cc2F)nn1C. The molecule has 0 fully saturated rings. The summed E-state index contributed by atoms with van der Waals surface area (Å²) in [5.41, 5.74) is 0.780. The van der Waals surface area contributed by atoms with Gasteiger partial charge < -0.3 is 10.1 Å². The van der Waals surface area contributed by atoms with Gasteiger partial charge in [0.15, 0.2) is 6.61 Å². The molecule has 0 unspecified atom stereocenters. The highest BCUT2D eigenvalue weighted by atomic mass is 19.1. The van der Waals surface area contributed by atoms with Crippen molar-refractivity contribution in [3.63, 3.8) is 0 Å². The van der Waals surface area contributed by atoms with Crippen molar-refractivity contribution in [2.24, 2.45) is 7.05 Å². The number of benzene rings is 1. The predicted octanol–water partition coefficient (Wildman–Crippen LogP) is 2.02. The normalized spacial score (nSPS) is 10.4. The smallest absolute Gasteiger partial charge is 0.262 e. The Labute approximate surface area is 114 Å². The fourth-order valence-electron chi connectivity index (χ4n) is 1.51. The van der Waals surface area contributed by atoms with E-state index >= 15 is 0 Å². The third kappa shape index (κ3) is 3.31. The van der Waals surface area contributed by atoms with Crippen LogP contribution in [0, 0.1) is 18.6 Å². The van der Waals surface area contributed by atoms with Crippen molar-refractivity contribution in [1.29, 1.82) is 0 Å². The fraction of sp³-hybridized carbons (Fsp3) is 0.231. The van der Waals surface area contributed by atoms with Gasteiger partial charge in [0.2, 0.25) is 5.88 Å². The minimum absolute atomic E-state index is 0.0998. The lowest BCUT2D eigenvalue weighted by molar-refractivity contribution is -0.118. The summed E-state index contributed by atoms with van der Waals surface area (Å²) < 4.78 is 32.8. The van der Waals surface area contributed by atoms with Crippen LogP contribution in [0.1, 0.15) is 5.69 Å². The maximum atomic E-state index is 13.3. The summed E-state index contributed by atoms with van der Waals surface area (Å²) in [4.78, 5) is 11.6. The van der Waals surface area contributed by atoms with Gasteiger partial charge in [0.1, 0.15) is 11.6 Å². The summed E-state index contributed by atoms with van der Waals surface area (Å²) in [5.74, 6) is -1.80. The molecule has 0 aliphatic heterocycles. The number of amides is 1. The van der Waals surface area contributed by atoms with E-state index in [1.807, 2.05) is 6.92 Å². The van der Waals surface area contributed by atoms with Gasteiger partial charge in [0.25, 0.3) is 5.91 Å². The number of nitrogens with zero attached hydrogens (tertiary/aromatic N) is 2. The molecular formula is C13H13F2N3O2. The Kier molecular flexibility index (Phi) is 3.97. The number of ether oxygens (including phenoxy) is 1. The van der Waals surface area contributed by atoms with Crippen LogP contribution in [0.15, 0.2) is 24.3 Å². The van der Waals surface area contributed by atoms with Crippen LogP contribution in [0.5, 0.6) is 5.88 Å². The molecular weight excluding hydrogens is 268 g/mol. The molecule has 106 valence electrons. The molecule has 1 N–H and O–H groups in total. The summed E-state index contributed by atoms with van der Waals surface area (Å²) in [6, 6.07) is 4.57. The molecule has 20 heavy (non-hydrogen) atoms. The molecule has 1 aromatic carbocycles. The van der Waals surface area contributed by atoms with Crippen molar-refractivity contribution in [2.45, 2.75) is 6.92 Å². The van der Waals surface area contributed by atoms with E-state index in [0.29, 0.717) is 11.9 Å². The summed E-state index contributed by atoms with van der Waals surface area (Å²) in [5, 5.41) is 6.30. The van der Waals surface area contributed by atoms with Gasteiger partial charge in [-0.2, -0.15) is 0 Å². The van der Waals surface area contributed by atoms with Gasteiger partial charge in [0, 0.05) is 24.9 Å². The lowest BCUT2D eigenvalue weighted by Gasteiger charge is -2.06. The Hall–Kier alpha value is -2.44. The highest BCUT2D eigenvalue weighted by molar-refractivity contribution is 5.91. The second-order valence-corrected chi connectivity index (χ2v) is 4.21. The number of carbonyl (C=O) groups is 1. The van der Waals surface area contributed by atoms with Gasteiger partial charge in [-0.15, -0.1) is 5.10 Å². The number of nitrogens with one attached hydrogen (secondary N) is 1. The molecule has 0 saturated carbocycles. The number of rotatable bonds is 4. The Morgan fingerprint density at radius 3 is 2.75 bits per heavy atom. The van der Waals surface area contributed by atoms with Crippen molar-refractivity contribution < 1.29 is 18.3 Å². The number of aryl methyl sites for hydroxylation is 2. The summed E-state index contributed by atoms with van der Waals surface area (Å²) in [6.45, 7) is 1.53. The maximum absolute atomic E-state index is 13.3. The molecule has 0 bridgehead atoms. The van der Waals surface area contributed by atoms with E-state index in [9.17, 15) is 13.6 Å². The minimum atomic E-state index is -0.841. The molecule has 2 aromatic rings. The number of hydrogen-bond acceptors (Lipinski definition) is 3. The molecule has 0 aliphatic carbocycles. The highest BCUT2D eigenvalue weighted by Crippen LogP contribution is 2.15. The van der Waals surface area contributed by atoms with Crippen molar-refractivity contribution in [2.75, 3.05) is 11.9 Å².